The molecule has 1 heterocycles. The van der Waals surface area contributed by atoms with Gasteiger partial charge in [-0.3, -0.25) is 0 Å². The topological polar surface area (TPSA) is 46.6 Å². The van der Waals surface area contributed by atoms with Crippen molar-refractivity contribution < 1.29 is 13.2 Å². The van der Waals surface area contributed by atoms with Gasteiger partial charge in [0.2, 0.25) is 10.0 Å². The molecule has 0 aromatic heterocycles. The van der Waals surface area contributed by atoms with Crippen molar-refractivity contribution >= 4 is 60.8 Å². The first-order chi connectivity index (χ1) is 9.37. The second-order valence-electron chi connectivity index (χ2n) is 4.20. The Morgan fingerprint density at radius 1 is 1.35 bits per heavy atom. The molecular weight excluding hydrogens is 412 g/mol. The van der Waals surface area contributed by atoms with E-state index in [4.69, 9.17) is 39.5 Å². The number of benzene rings is 1. The summed E-state index contributed by atoms with van der Waals surface area (Å²) >= 11 is 21.1. The number of halogens is 4. The number of alkyl halides is 1. The minimum atomic E-state index is -3.82. The van der Waals surface area contributed by atoms with E-state index in [1.165, 1.54) is 16.4 Å². The van der Waals surface area contributed by atoms with Crippen molar-refractivity contribution in [2.45, 2.75) is 10.9 Å². The summed E-state index contributed by atoms with van der Waals surface area (Å²) in [6, 6.07) is 2.57. The Balaban J connectivity index is 2.49. The number of nitrogens with zero attached hydrogens (tertiary/aromatic N) is 1. The van der Waals surface area contributed by atoms with Crippen LogP contribution in [0.5, 0.6) is 0 Å². The normalized spacial score (nSPS) is 21.1. The highest BCUT2D eigenvalue weighted by Crippen LogP contribution is 2.35. The van der Waals surface area contributed by atoms with Crippen molar-refractivity contribution in [2.24, 2.45) is 0 Å². The predicted molar refractivity (Wildman–Crippen MR) is 83.4 cm³/mol. The second-order valence-corrected chi connectivity index (χ2v) is 8.06. The zero-order valence-corrected chi connectivity index (χ0v) is 14.8. The fourth-order valence-corrected chi connectivity index (χ4v) is 5.79. The van der Waals surface area contributed by atoms with Crippen molar-refractivity contribution in [3.8, 4) is 0 Å². The number of sulfonamides is 1. The number of morpholine rings is 1. The number of ether oxygens (including phenoxy) is 1. The van der Waals surface area contributed by atoms with Crippen LogP contribution in [-0.4, -0.2) is 44.4 Å². The van der Waals surface area contributed by atoms with Crippen LogP contribution >= 0.6 is 50.7 Å². The van der Waals surface area contributed by atoms with E-state index < -0.39 is 16.1 Å². The van der Waals surface area contributed by atoms with Gasteiger partial charge in [0.05, 0.1) is 29.3 Å². The van der Waals surface area contributed by atoms with E-state index in [9.17, 15) is 8.42 Å². The van der Waals surface area contributed by atoms with Gasteiger partial charge in [0.25, 0.3) is 0 Å². The van der Waals surface area contributed by atoms with Crippen LogP contribution in [0.25, 0.3) is 0 Å². The molecule has 9 heteroatoms. The molecule has 112 valence electrons. The highest BCUT2D eigenvalue weighted by Gasteiger charge is 2.36. The minimum absolute atomic E-state index is 0.0733. The maximum Gasteiger partial charge on any atom is 0.246 e. The molecule has 0 amide bonds. The number of hydrogen-bond acceptors (Lipinski definition) is 3. The van der Waals surface area contributed by atoms with Crippen LogP contribution in [0.3, 0.4) is 0 Å². The molecule has 0 radical (unpaired) electrons. The van der Waals surface area contributed by atoms with Gasteiger partial charge in [-0.25, -0.2) is 8.42 Å². The number of rotatable bonds is 3. The average Bonchev–Trinajstić information content (AvgIpc) is 2.37. The molecule has 1 saturated heterocycles. The molecule has 1 unspecified atom stereocenters. The Morgan fingerprint density at radius 3 is 2.50 bits per heavy atom. The molecule has 0 spiro atoms. The zero-order valence-electron chi connectivity index (χ0n) is 10.2. The van der Waals surface area contributed by atoms with E-state index in [1.807, 2.05) is 0 Å². The molecule has 4 nitrogen and oxygen atoms in total. The summed E-state index contributed by atoms with van der Waals surface area (Å²) in [5.74, 6) is 0.144. The van der Waals surface area contributed by atoms with E-state index in [-0.39, 0.29) is 34.0 Å². The Labute approximate surface area is 141 Å². The lowest BCUT2D eigenvalue weighted by Gasteiger charge is -2.33. The Hall–Kier alpha value is 0.440. The average molecular weight is 424 g/mol. The summed E-state index contributed by atoms with van der Waals surface area (Å²) < 4.78 is 32.6. The van der Waals surface area contributed by atoms with Gasteiger partial charge < -0.3 is 4.74 Å². The minimum Gasteiger partial charge on any atom is -0.378 e. The fourth-order valence-electron chi connectivity index (χ4n) is 1.97. The van der Waals surface area contributed by atoms with Crippen LogP contribution in [0.4, 0.5) is 0 Å². The van der Waals surface area contributed by atoms with Crippen molar-refractivity contribution in [1.29, 1.82) is 0 Å². The highest BCUT2D eigenvalue weighted by molar-refractivity contribution is 9.10. The summed E-state index contributed by atoms with van der Waals surface area (Å²) in [5, 5.41) is 0.147. The molecule has 1 aliphatic heterocycles. The number of hydrogen-bond donors (Lipinski definition) is 0. The van der Waals surface area contributed by atoms with Gasteiger partial charge in [-0.15, -0.1) is 11.6 Å². The van der Waals surface area contributed by atoms with Crippen molar-refractivity contribution in [2.75, 3.05) is 25.6 Å². The SMILES string of the molecule is O=S(=O)(c1c(Cl)cc(Br)cc1Cl)N1CCOCC1CCl. The van der Waals surface area contributed by atoms with Crippen LogP contribution in [0.1, 0.15) is 0 Å². The molecule has 0 aliphatic carbocycles. The first-order valence-corrected chi connectivity index (χ1v) is 9.20. The third-order valence-corrected chi connectivity index (χ3v) is 6.57. The van der Waals surface area contributed by atoms with Crippen LogP contribution in [0.15, 0.2) is 21.5 Å². The summed E-state index contributed by atoms with van der Waals surface area (Å²) in [5.41, 5.74) is 0. The van der Waals surface area contributed by atoms with Crippen LogP contribution in [-0.2, 0) is 14.8 Å². The van der Waals surface area contributed by atoms with E-state index >= 15 is 0 Å². The summed E-state index contributed by atoms with van der Waals surface area (Å²) in [7, 11) is -3.82. The van der Waals surface area contributed by atoms with Crippen LogP contribution in [0.2, 0.25) is 10.0 Å². The van der Waals surface area contributed by atoms with Crippen LogP contribution in [0, 0.1) is 0 Å². The van der Waals surface area contributed by atoms with Crippen molar-refractivity contribution in [3.63, 3.8) is 0 Å². The van der Waals surface area contributed by atoms with Gasteiger partial charge in [-0.05, 0) is 12.1 Å². The molecule has 20 heavy (non-hydrogen) atoms. The standard InChI is InChI=1S/C11H11BrCl3NO3S/c12-7-3-9(14)11(10(15)4-7)20(17,18)16-1-2-19-6-8(16)5-13/h3-4,8H,1-2,5-6H2. The van der Waals surface area contributed by atoms with Crippen molar-refractivity contribution in [1.82, 2.24) is 4.31 Å². The molecular formula is C11H11BrCl3NO3S. The Morgan fingerprint density at radius 2 is 1.95 bits per heavy atom. The molecule has 1 aliphatic rings. The van der Waals surface area contributed by atoms with E-state index in [1.54, 1.807) is 0 Å². The van der Waals surface area contributed by atoms with Crippen LogP contribution < -0.4 is 0 Å². The molecule has 1 atom stereocenters. The maximum atomic E-state index is 12.7. The summed E-state index contributed by atoms with van der Waals surface area (Å²) in [6.45, 7) is 0.801. The molecule has 0 saturated carbocycles. The molecule has 2 rings (SSSR count). The highest BCUT2D eigenvalue weighted by atomic mass is 79.9. The smallest absolute Gasteiger partial charge is 0.246 e. The third kappa shape index (κ3) is 3.27. The van der Waals surface area contributed by atoms with Gasteiger partial charge in [-0.1, -0.05) is 39.1 Å². The van der Waals surface area contributed by atoms with Gasteiger partial charge in [0.1, 0.15) is 4.90 Å². The van der Waals surface area contributed by atoms with Gasteiger partial charge in [0, 0.05) is 16.9 Å². The second kappa shape index (κ2) is 6.69. The predicted octanol–water partition coefficient (Wildman–Crippen LogP) is 3.38. The van der Waals surface area contributed by atoms with Gasteiger partial charge >= 0.3 is 0 Å². The van der Waals surface area contributed by atoms with E-state index in [0.29, 0.717) is 11.1 Å². The first kappa shape index (κ1) is 16.8. The molecule has 1 fully saturated rings. The third-order valence-electron chi connectivity index (χ3n) is 2.88. The molecule has 1 aromatic rings. The van der Waals surface area contributed by atoms with Gasteiger partial charge in [0.15, 0.2) is 0 Å². The summed E-state index contributed by atoms with van der Waals surface area (Å²) in [6.07, 6.45) is 0. The zero-order chi connectivity index (χ0) is 14.9. The lowest BCUT2D eigenvalue weighted by Crippen LogP contribution is -2.49. The monoisotopic (exact) mass is 421 g/mol. The Kier molecular flexibility index (Phi) is 5.62. The fraction of sp³-hybridized carbons (Fsp3) is 0.455. The molecule has 0 N–H and O–H groups in total. The first-order valence-electron chi connectivity index (χ1n) is 5.68. The molecule has 0 bridgehead atoms. The quantitative estimate of drug-likeness (QED) is 0.701. The van der Waals surface area contributed by atoms with E-state index in [0.717, 1.165) is 0 Å². The van der Waals surface area contributed by atoms with Gasteiger partial charge in [-0.2, -0.15) is 4.31 Å². The lowest BCUT2D eigenvalue weighted by molar-refractivity contribution is 0.0404. The molecule has 1 aromatic carbocycles. The largest absolute Gasteiger partial charge is 0.378 e. The summed E-state index contributed by atoms with van der Waals surface area (Å²) in [4.78, 5) is -0.0962. The maximum absolute atomic E-state index is 12.7. The van der Waals surface area contributed by atoms with Crippen molar-refractivity contribution in [3.05, 3.63) is 26.7 Å². The lowest BCUT2D eigenvalue weighted by atomic mass is 10.3. The van der Waals surface area contributed by atoms with E-state index in [2.05, 4.69) is 15.9 Å². The Bertz CT molecular complexity index is 588.